The molecular weight excluding hydrogens is 328 g/mol. The SMILES string of the molecule is CCOc1cc(NC(=O)NCCc2cccc(Cl)c2)ccc1OC. The topological polar surface area (TPSA) is 59.6 Å². The molecule has 0 aliphatic carbocycles. The molecule has 0 atom stereocenters. The van der Waals surface area contributed by atoms with Crippen LogP contribution in [0.5, 0.6) is 11.5 Å². The minimum absolute atomic E-state index is 0.273. The molecule has 0 aliphatic heterocycles. The van der Waals surface area contributed by atoms with Gasteiger partial charge in [-0.15, -0.1) is 0 Å². The van der Waals surface area contributed by atoms with E-state index in [1.165, 1.54) is 0 Å². The second kappa shape index (κ2) is 9.03. The molecule has 128 valence electrons. The van der Waals surface area contributed by atoms with E-state index in [4.69, 9.17) is 21.1 Å². The summed E-state index contributed by atoms with van der Waals surface area (Å²) in [7, 11) is 1.58. The van der Waals surface area contributed by atoms with E-state index in [0.717, 1.165) is 5.56 Å². The van der Waals surface area contributed by atoms with Crippen molar-refractivity contribution in [2.75, 3.05) is 25.6 Å². The maximum absolute atomic E-state index is 12.0. The van der Waals surface area contributed by atoms with Crippen molar-refractivity contribution in [3.63, 3.8) is 0 Å². The molecule has 0 radical (unpaired) electrons. The lowest BCUT2D eigenvalue weighted by atomic mass is 10.1. The van der Waals surface area contributed by atoms with Gasteiger partial charge >= 0.3 is 6.03 Å². The second-order valence-electron chi connectivity index (χ2n) is 5.06. The zero-order valence-electron chi connectivity index (χ0n) is 13.8. The third-order valence-electron chi connectivity index (χ3n) is 3.31. The molecule has 0 bridgehead atoms. The molecule has 0 fully saturated rings. The van der Waals surface area contributed by atoms with E-state index < -0.39 is 0 Å². The Morgan fingerprint density at radius 3 is 2.71 bits per heavy atom. The van der Waals surface area contributed by atoms with Gasteiger partial charge in [0.15, 0.2) is 11.5 Å². The first-order valence-corrected chi connectivity index (χ1v) is 8.10. The molecule has 6 heteroatoms. The van der Waals surface area contributed by atoms with Crippen LogP contribution in [0, 0.1) is 0 Å². The fourth-order valence-corrected chi connectivity index (χ4v) is 2.42. The number of methoxy groups -OCH3 is 1. The number of halogens is 1. The molecule has 24 heavy (non-hydrogen) atoms. The number of urea groups is 1. The fourth-order valence-electron chi connectivity index (χ4n) is 2.21. The summed E-state index contributed by atoms with van der Waals surface area (Å²) in [6.45, 7) is 2.92. The van der Waals surface area contributed by atoms with Gasteiger partial charge in [-0.2, -0.15) is 0 Å². The van der Waals surface area contributed by atoms with Gasteiger partial charge in [-0.25, -0.2) is 4.79 Å². The highest BCUT2D eigenvalue weighted by Crippen LogP contribution is 2.30. The van der Waals surface area contributed by atoms with Crippen molar-refractivity contribution in [2.24, 2.45) is 0 Å². The highest BCUT2D eigenvalue weighted by molar-refractivity contribution is 6.30. The van der Waals surface area contributed by atoms with Gasteiger partial charge in [0.1, 0.15) is 0 Å². The maximum atomic E-state index is 12.0. The highest BCUT2D eigenvalue weighted by atomic mass is 35.5. The zero-order valence-corrected chi connectivity index (χ0v) is 14.5. The van der Waals surface area contributed by atoms with Crippen LogP contribution in [0.25, 0.3) is 0 Å². The Morgan fingerprint density at radius 2 is 2.00 bits per heavy atom. The van der Waals surface area contributed by atoms with Gasteiger partial charge in [-0.1, -0.05) is 23.7 Å². The molecule has 0 heterocycles. The average Bonchev–Trinajstić information content (AvgIpc) is 2.55. The Bertz CT molecular complexity index is 692. The van der Waals surface area contributed by atoms with Crippen LogP contribution < -0.4 is 20.1 Å². The molecule has 2 aromatic carbocycles. The first-order chi connectivity index (χ1) is 11.6. The predicted octanol–water partition coefficient (Wildman–Crippen LogP) is 4.11. The summed E-state index contributed by atoms with van der Waals surface area (Å²) in [5, 5.41) is 6.29. The molecule has 5 nitrogen and oxygen atoms in total. The Morgan fingerprint density at radius 1 is 1.17 bits per heavy atom. The molecule has 2 amide bonds. The summed E-state index contributed by atoms with van der Waals surface area (Å²) < 4.78 is 10.7. The largest absolute Gasteiger partial charge is 0.493 e. The fraction of sp³-hybridized carbons (Fsp3) is 0.278. The monoisotopic (exact) mass is 348 g/mol. The molecule has 2 rings (SSSR count). The van der Waals surface area contributed by atoms with Crippen LogP contribution in [0.4, 0.5) is 10.5 Å². The molecule has 2 aromatic rings. The highest BCUT2D eigenvalue weighted by Gasteiger charge is 2.07. The number of hydrogen-bond donors (Lipinski definition) is 2. The van der Waals surface area contributed by atoms with Gasteiger partial charge in [0.05, 0.1) is 13.7 Å². The van der Waals surface area contributed by atoms with E-state index >= 15 is 0 Å². The molecule has 0 spiro atoms. The van der Waals surface area contributed by atoms with Crippen LogP contribution in [0.1, 0.15) is 12.5 Å². The first kappa shape index (κ1) is 17.9. The maximum Gasteiger partial charge on any atom is 0.319 e. The van der Waals surface area contributed by atoms with E-state index in [1.807, 2.05) is 31.2 Å². The molecule has 0 unspecified atom stereocenters. The third-order valence-corrected chi connectivity index (χ3v) is 3.54. The van der Waals surface area contributed by atoms with Crippen molar-refractivity contribution in [3.8, 4) is 11.5 Å². The summed E-state index contributed by atoms with van der Waals surface area (Å²) in [4.78, 5) is 12.0. The lowest BCUT2D eigenvalue weighted by Gasteiger charge is -2.12. The van der Waals surface area contributed by atoms with Gasteiger partial charge in [0.25, 0.3) is 0 Å². The number of ether oxygens (including phenoxy) is 2. The Balaban J connectivity index is 1.86. The Hall–Kier alpha value is -2.40. The van der Waals surface area contributed by atoms with Crippen molar-refractivity contribution in [3.05, 3.63) is 53.1 Å². The molecular formula is C18H21ClN2O3. The van der Waals surface area contributed by atoms with Crippen molar-refractivity contribution < 1.29 is 14.3 Å². The molecule has 0 aromatic heterocycles. The smallest absolute Gasteiger partial charge is 0.319 e. The van der Waals surface area contributed by atoms with Gasteiger partial charge in [-0.05, 0) is 43.2 Å². The van der Waals surface area contributed by atoms with E-state index in [9.17, 15) is 4.79 Å². The lowest BCUT2D eigenvalue weighted by molar-refractivity contribution is 0.252. The number of rotatable bonds is 7. The Labute approximate surface area is 146 Å². The summed E-state index contributed by atoms with van der Waals surface area (Å²) in [6, 6.07) is 12.6. The standard InChI is InChI=1S/C18H21ClN2O3/c1-3-24-17-12-15(7-8-16(17)23-2)21-18(22)20-10-9-13-5-4-6-14(19)11-13/h4-8,11-12H,3,9-10H2,1-2H3,(H2,20,21,22). The first-order valence-electron chi connectivity index (χ1n) is 7.72. The van der Waals surface area contributed by atoms with Gasteiger partial charge in [0, 0.05) is 23.3 Å². The van der Waals surface area contributed by atoms with Crippen LogP contribution in [0.15, 0.2) is 42.5 Å². The summed E-state index contributed by atoms with van der Waals surface area (Å²) in [5.41, 5.74) is 1.71. The minimum Gasteiger partial charge on any atom is -0.493 e. The number of nitrogens with one attached hydrogen (secondary N) is 2. The van der Waals surface area contributed by atoms with E-state index in [1.54, 1.807) is 25.3 Å². The number of amides is 2. The number of carbonyl (C=O) groups is 1. The summed E-state index contributed by atoms with van der Waals surface area (Å²) >= 11 is 5.94. The van der Waals surface area contributed by atoms with E-state index in [-0.39, 0.29) is 6.03 Å². The van der Waals surface area contributed by atoms with E-state index in [2.05, 4.69) is 10.6 Å². The lowest BCUT2D eigenvalue weighted by Crippen LogP contribution is -2.30. The number of anilines is 1. The Kier molecular flexibility index (Phi) is 6.75. The number of benzene rings is 2. The van der Waals surface area contributed by atoms with Crippen molar-refractivity contribution in [1.29, 1.82) is 0 Å². The van der Waals surface area contributed by atoms with Crippen LogP contribution in [-0.2, 0) is 6.42 Å². The van der Waals surface area contributed by atoms with Crippen LogP contribution in [-0.4, -0.2) is 26.3 Å². The molecule has 0 aliphatic rings. The quantitative estimate of drug-likeness (QED) is 0.791. The van der Waals surface area contributed by atoms with Crippen molar-refractivity contribution >= 4 is 23.3 Å². The number of carbonyl (C=O) groups excluding carboxylic acids is 1. The predicted molar refractivity (Wildman–Crippen MR) is 96.3 cm³/mol. The van der Waals surface area contributed by atoms with Crippen molar-refractivity contribution in [2.45, 2.75) is 13.3 Å². The van der Waals surface area contributed by atoms with Crippen LogP contribution in [0.2, 0.25) is 5.02 Å². The minimum atomic E-state index is -0.273. The van der Waals surface area contributed by atoms with Gasteiger partial charge < -0.3 is 20.1 Å². The van der Waals surface area contributed by atoms with Crippen LogP contribution >= 0.6 is 11.6 Å². The normalized spacial score (nSPS) is 10.1. The summed E-state index contributed by atoms with van der Waals surface area (Å²) in [5.74, 6) is 1.22. The number of hydrogen-bond acceptors (Lipinski definition) is 3. The van der Waals surface area contributed by atoms with Gasteiger partial charge in [-0.3, -0.25) is 0 Å². The second-order valence-corrected chi connectivity index (χ2v) is 5.50. The van der Waals surface area contributed by atoms with Crippen LogP contribution in [0.3, 0.4) is 0 Å². The third kappa shape index (κ3) is 5.35. The summed E-state index contributed by atoms with van der Waals surface area (Å²) in [6.07, 6.45) is 0.709. The molecule has 2 N–H and O–H groups in total. The molecule has 0 saturated carbocycles. The van der Waals surface area contributed by atoms with Gasteiger partial charge in [0.2, 0.25) is 0 Å². The zero-order chi connectivity index (χ0) is 17.4. The van der Waals surface area contributed by atoms with E-state index in [0.29, 0.717) is 41.8 Å². The average molecular weight is 349 g/mol. The van der Waals surface area contributed by atoms with Crippen molar-refractivity contribution in [1.82, 2.24) is 5.32 Å². The molecule has 0 saturated heterocycles.